The third-order valence-electron chi connectivity index (χ3n) is 3.40. The molecule has 1 aliphatic carbocycles. The highest BCUT2D eigenvalue weighted by Crippen LogP contribution is 2.22. The molecule has 2 aliphatic rings. The average molecular weight is 258 g/mol. The van der Waals surface area contributed by atoms with Crippen LogP contribution in [0.2, 0.25) is 0 Å². The Labute approximate surface area is 117 Å². The van der Waals surface area contributed by atoms with Crippen LogP contribution >= 0.6 is 0 Å². The molecule has 0 bridgehead atoms. The molecule has 112 valence electrons. The minimum atomic E-state index is 0.911. The summed E-state index contributed by atoms with van der Waals surface area (Å²) in [5, 5.41) is 0. The fourth-order valence-electron chi connectivity index (χ4n) is 2.12. The van der Waals surface area contributed by atoms with Crippen LogP contribution in [0.4, 0.5) is 0 Å². The van der Waals surface area contributed by atoms with E-state index in [9.17, 15) is 0 Å². The largest absolute Gasteiger partial charge is 0.381 e. The van der Waals surface area contributed by atoms with Gasteiger partial charge in [0.15, 0.2) is 0 Å². The highest BCUT2D eigenvalue weighted by molar-refractivity contribution is 4.59. The zero-order valence-corrected chi connectivity index (χ0v) is 13.9. The Morgan fingerprint density at radius 2 is 1.00 bits per heavy atom. The number of hydrogen-bond donors (Lipinski definition) is 0. The molecule has 2 fully saturated rings. The lowest BCUT2D eigenvalue weighted by atomic mass is 9.91. The van der Waals surface area contributed by atoms with E-state index in [1.54, 1.807) is 0 Å². The average Bonchev–Trinajstić information content (AvgIpc) is 2.46. The lowest BCUT2D eigenvalue weighted by Gasteiger charge is -2.16. The lowest BCUT2D eigenvalue weighted by Crippen LogP contribution is -2.12. The highest BCUT2D eigenvalue weighted by atomic mass is 16.5. The zero-order chi connectivity index (χ0) is 14.2. The van der Waals surface area contributed by atoms with E-state index >= 15 is 0 Å². The standard InChI is InChI=1S/C7H14.C6H12O.2C2H6/c1-7-5-3-2-4-6-7;1-6-2-4-7-5-3-6;2*1-2/h7H,2-6H2,1H3;6H,2-5H2,1H3;2*1-2H3. The van der Waals surface area contributed by atoms with Gasteiger partial charge in [0.25, 0.3) is 0 Å². The van der Waals surface area contributed by atoms with Crippen molar-refractivity contribution in [1.82, 2.24) is 0 Å². The van der Waals surface area contributed by atoms with Crippen LogP contribution in [0, 0.1) is 11.8 Å². The van der Waals surface area contributed by atoms with Crippen LogP contribution in [0.1, 0.15) is 86.5 Å². The van der Waals surface area contributed by atoms with Gasteiger partial charge in [-0.05, 0) is 24.7 Å². The molecule has 1 aliphatic heterocycles. The fourth-order valence-corrected chi connectivity index (χ4v) is 2.12. The van der Waals surface area contributed by atoms with E-state index in [1.165, 1.54) is 44.9 Å². The second-order valence-corrected chi connectivity index (χ2v) is 5.04. The van der Waals surface area contributed by atoms with Gasteiger partial charge in [-0.2, -0.15) is 0 Å². The second kappa shape index (κ2) is 17.0. The molecule has 1 nitrogen and oxygen atoms in total. The SMILES string of the molecule is CC.CC.CC1CCCCC1.CC1CCOCC1. The van der Waals surface area contributed by atoms with Crippen LogP contribution < -0.4 is 0 Å². The van der Waals surface area contributed by atoms with Crippen LogP contribution in [-0.4, -0.2) is 13.2 Å². The van der Waals surface area contributed by atoms with E-state index in [0.29, 0.717) is 0 Å². The molecule has 18 heavy (non-hydrogen) atoms. The van der Waals surface area contributed by atoms with Crippen molar-refractivity contribution in [2.75, 3.05) is 13.2 Å². The molecule has 0 unspecified atom stereocenters. The molecular weight excluding hydrogens is 220 g/mol. The first kappa shape index (κ1) is 20.3. The van der Waals surface area contributed by atoms with Crippen molar-refractivity contribution in [1.29, 1.82) is 0 Å². The summed E-state index contributed by atoms with van der Waals surface area (Å²) in [6.07, 6.45) is 9.96. The molecular formula is C17H38O. The predicted octanol–water partition coefficient (Wildman–Crippen LogP) is 6.07. The summed E-state index contributed by atoms with van der Waals surface area (Å²) in [5.41, 5.74) is 0. The number of ether oxygens (including phenoxy) is 1. The van der Waals surface area contributed by atoms with Crippen molar-refractivity contribution < 1.29 is 4.74 Å². The minimum absolute atomic E-state index is 0.911. The van der Waals surface area contributed by atoms with Gasteiger partial charge in [-0.15, -0.1) is 0 Å². The quantitative estimate of drug-likeness (QED) is 0.512. The summed E-state index contributed by atoms with van der Waals surface area (Å²) < 4.78 is 5.14. The van der Waals surface area contributed by atoms with Crippen LogP contribution in [-0.2, 0) is 4.74 Å². The van der Waals surface area contributed by atoms with E-state index in [4.69, 9.17) is 4.74 Å². The van der Waals surface area contributed by atoms with Gasteiger partial charge in [0, 0.05) is 13.2 Å². The summed E-state index contributed by atoms with van der Waals surface area (Å²) in [6, 6.07) is 0. The van der Waals surface area contributed by atoms with Crippen LogP contribution in [0.25, 0.3) is 0 Å². The first-order valence-corrected chi connectivity index (χ1v) is 8.37. The van der Waals surface area contributed by atoms with Gasteiger partial charge in [-0.25, -0.2) is 0 Å². The zero-order valence-electron chi connectivity index (χ0n) is 13.9. The van der Waals surface area contributed by atoms with Crippen LogP contribution in [0.15, 0.2) is 0 Å². The first-order valence-electron chi connectivity index (χ1n) is 8.37. The third kappa shape index (κ3) is 14.0. The highest BCUT2D eigenvalue weighted by Gasteiger charge is 2.06. The van der Waals surface area contributed by atoms with Gasteiger partial charge in [0.2, 0.25) is 0 Å². The first-order chi connectivity index (χ1) is 8.79. The second-order valence-electron chi connectivity index (χ2n) is 5.04. The van der Waals surface area contributed by atoms with E-state index < -0.39 is 0 Å². The van der Waals surface area contributed by atoms with E-state index in [-0.39, 0.29) is 0 Å². The summed E-state index contributed by atoms with van der Waals surface area (Å²) in [6.45, 7) is 14.6. The van der Waals surface area contributed by atoms with Crippen molar-refractivity contribution >= 4 is 0 Å². The molecule has 0 radical (unpaired) electrons. The molecule has 0 atom stereocenters. The van der Waals surface area contributed by atoms with Gasteiger partial charge in [0.05, 0.1) is 0 Å². The maximum atomic E-state index is 5.14. The molecule has 0 N–H and O–H groups in total. The molecule has 1 heteroatoms. The van der Waals surface area contributed by atoms with Crippen molar-refractivity contribution in [2.45, 2.75) is 86.5 Å². The number of hydrogen-bond acceptors (Lipinski definition) is 1. The van der Waals surface area contributed by atoms with Crippen molar-refractivity contribution in [3.63, 3.8) is 0 Å². The summed E-state index contributed by atoms with van der Waals surface area (Å²) >= 11 is 0. The molecule has 1 heterocycles. The molecule has 1 saturated carbocycles. The van der Waals surface area contributed by atoms with Gasteiger partial charge in [0.1, 0.15) is 0 Å². The molecule has 0 amide bonds. The molecule has 1 saturated heterocycles. The van der Waals surface area contributed by atoms with E-state index in [1.807, 2.05) is 27.7 Å². The Morgan fingerprint density at radius 3 is 1.22 bits per heavy atom. The molecule has 0 aromatic rings. The Morgan fingerprint density at radius 1 is 0.611 bits per heavy atom. The Bertz CT molecular complexity index is 106. The molecule has 2 rings (SSSR count). The maximum absolute atomic E-state index is 5.14. The maximum Gasteiger partial charge on any atom is 0.0468 e. The smallest absolute Gasteiger partial charge is 0.0468 e. The minimum Gasteiger partial charge on any atom is -0.381 e. The van der Waals surface area contributed by atoms with Crippen LogP contribution in [0.5, 0.6) is 0 Å². The molecule has 0 spiro atoms. The van der Waals surface area contributed by atoms with Gasteiger partial charge in [-0.3, -0.25) is 0 Å². The Hall–Kier alpha value is -0.0400. The van der Waals surface area contributed by atoms with Gasteiger partial charge in [-0.1, -0.05) is 73.6 Å². The molecule has 0 aromatic heterocycles. The van der Waals surface area contributed by atoms with Crippen LogP contribution in [0.3, 0.4) is 0 Å². The Balaban J connectivity index is 0. The van der Waals surface area contributed by atoms with Crippen molar-refractivity contribution in [2.24, 2.45) is 11.8 Å². The molecule has 0 aromatic carbocycles. The van der Waals surface area contributed by atoms with E-state index in [2.05, 4.69) is 13.8 Å². The summed E-state index contributed by atoms with van der Waals surface area (Å²) in [7, 11) is 0. The monoisotopic (exact) mass is 258 g/mol. The van der Waals surface area contributed by atoms with Gasteiger partial charge >= 0.3 is 0 Å². The Kier molecular flexibility index (Phi) is 19.1. The fraction of sp³-hybridized carbons (Fsp3) is 1.00. The van der Waals surface area contributed by atoms with Crippen molar-refractivity contribution in [3.8, 4) is 0 Å². The summed E-state index contributed by atoms with van der Waals surface area (Å²) in [4.78, 5) is 0. The van der Waals surface area contributed by atoms with Gasteiger partial charge < -0.3 is 4.74 Å². The van der Waals surface area contributed by atoms with Crippen molar-refractivity contribution in [3.05, 3.63) is 0 Å². The number of rotatable bonds is 0. The predicted molar refractivity (Wildman–Crippen MR) is 84.2 cm³/mol. The topological polar surface area (TPSA) is 9.23 Å². The summed E-state index contributed by atoms with van der Waals surface area (Å²) in [5.74, 6) is 1.95. The third-order valence-corrected chi connectivity index (χ3v) is 3.40. The van der Waals surface area contributed by atoms with E-state index in [0.717, 1.165) is 25.0 Å². The lowest BCUT2D eigenvalue weighted by molar-refractivity contribution is 0.0716. The normalized spacial score (nSPS) is 20.3.